The van der Waals surface area contributed by atoms with Gasteiger partial charge in [-0.1, -0.05) is 35.5 Å². The van der Waals surface area contributed by atoms with E-state index >= 15 is 0 Å². The fraction of sp³-hybridized carbons (Fsp3) is 0.158. The van der Waals surface area contributed by atoms with Crippen molar-refractivity contribution >= 4 is 52.0 Å². The number of benzene rings is 2. The Labute approximate surface area is 178 Å². The van der Waals surface area contributed by atoms with Crippen molar-refractivity contribution in [3.8, 4) is 5.75 Å². The van der Waals surface area contributed by atoms with Crippen LogP contribution in [0.4, 0.5) is 14.5 Å². The van der Waals surface area contributed by atoms with Gasteiger partial charge in [-0.05, 0) is 30.3 Å². The highest BCUT2D eigenvalue weighted by Crippen LogP contribution is 2.28. The van der Waals surface area contributed by atoms with E-state index in [1.54, 1.807) is 6.20 Å². The minimum atomic E-state index is -3.01. The highest BCUT2D eigenvalue weighted by atomic mass is 35.5. The highest BCUT2D eigenvalue weighted by Gasteiger charge is 2.12. The number of halogens is 3. The first kappa shape index (κ1) is 21.7. The molecule has 1 aromatic heterocycles. The molecule has 0 bridgehead atoms. The van der Waals surface area contributed by atoms with Crippen molar-refractivity contribution in [1.82, 2.24) is 9.97 Å². The molecule has 0 saturated heterocycles. The standard InChI is InChI=1S/C19H14ClF2N3O4S/c20-12-7-11(5-6-15(12)29-19(21)22)24-16(26)9-28-18(27)10-30-17-8-23-13-3-1-2-4-14(13)25-17/h1-8,19H,9-10H2,(H,24,26). The number of alkyl halides is 2. The topological polar surface area (TPSA) is 90.4 Å². The zero-order chi connectivity index (χ0) is 21.5. The lowest BCUT2D eigenvalue weighted by Gasteiger charge is -2.10. The molecule has 1 N–H and O–H groups in total. The minimum absolute atomic E-state index is 0.0498. The zero-order valence-corrected chi connectivity index (χ0v) is 16.8. The Balaban J connectivity index is 1.44. The van der Waals surface area contributed by atoms with Gasteiger partial charge in [0, 0.05) is 5.69 Å². The maximum atomic E-state index is 12.2. The predicted molar refractivity (Wildman–Crippen MR) is 108 cm³/mol. The van der Waals surface area contributed by atoms with E-state index in [0.717, 1.165) is 17.3 Å². The number of esters is 1. The van der Waals surface area contributed by atoms with Crippen LogP contribution in [0.5, 0.6) is 5.75 Å². The van der Waals surface area contributed by atoms with Crippen LogP contribution in [0.1, 0.15) is 0 Å². The molecule has 0 aliphatic carbocycles. The van der Waals surface area contributed by atoms with Crippen molar-refractivity contribution < 1.29 is 27.8 Å². The number of fused-ring (bicyclic) bond motifs is 1. The van der Waals surface area contributed by atoms with Gasteiger partial charge in [0.05, 0.1) is 28.0 Å². The van der Waals surface area contributed by atoms with Crippen molar-refractivity contribution in [3.63, 3.8) is 0 Å². The average Bonchev–Trinajstić information content (AvgIpc) is 2.72. The third-order valence-corrected chi connectivity index (χ3v) is 4.73. The van der Waals surface area contributed by atoms with Crippen LogP contribution < -0.4 is 10.1 Å². The number of aromatic nitrogens is 2. The second-order valence-corrected chi connectivity index (χ2v) is 7.12. The summed E-state index contributed by atoms with van der Waals surface area (Å²) in [4.78, 5) is 32.4. The number of ether oxygens (including phenoxy) is 2. The maximum absolute atomic E-state index is 12.2. The summed E-state index contributed by atoms with van der Waals surface area (Å²) in [7, 11) is 0. The summed E-state index contributed by atoms with van der Waals surface area (Å²) in [6.07, 6.45) is 1.55. The monoisotopic (exact) mass is 453 g/mol. The summed E-state index contributed by atoms with van der Waals surface area (Å²) in [5.74, 6) is -1.49. The number of rotatable bonds is 8. The van der Waals surface area contributed by atoms with Gasteiger partial charge in [0.1, 0.15) is 10.8 Å². The molecule has 156 valence electrons. The molecule has 0 aliphatic heterocycles. The van der Waals surface area contributed by atoms with Crippen molar-refractivity contribution in [2.45, 2.75) is 11.6 Å². The van der Waals surface area contributed by atoms with E-state index in [4.69, 9.17) is 16.3 Å². The number of hydrogen-bond acceptors (Lipinski definition) is 7. The molecule has 1 amide bonds. The third kappa shape index (κ3) is 6.26. The van der Waals surface area contributed by atoms with E-state index in [1.807, 2.05) is 24.3 Å². The summed E-state index contributed by atoms with van der Waals surface area (Å²) in [5, 5.41) is 2.89. The number of carbonyl (C=O) groups excluding carboxylic acids is 2. The Bertz CT molecular complexity index is 1070. The van der Waals surface area contributed by atoms with E-state index in [0.29, 0.717) is 10.5 Å². The Morgan fingerprint density at radius 1 is 1.17 bits per heavy atom. The number of carbonyl (C=O) groups is 2. The van der Waals surface area contributed by atoms with Crippen molar-refractivity contribution in [2.75, 3.05) is 17.7 Å². The largest absolute Gasteiger partial charge is 0.455 e. The van der Waals surface area contributed by atoms with E-state index in [-0.39, 0.29) is 22.2 Å². The van der Waals surface area contributed by atoms with Crippen LogP contribution in [0.15, 0.2) is 53.7 Å². The van der Waals surface area contributed by atoms with Gasteiger partial charge in [-0.3, -0.25) is 14.6 Å². The summed E-state index contributed by atoms with van der Waals surface area (Å²) < 4.78 is 33.6. The van der Waals surface area contributed by atoms with Crippen LogP contribution in [0.25, 0.3) is 11.0 Å². The summed E-state index contributed by atoms with van der Waals surface area (Å²) in [5.41, 5.74) is 1.69. The van der Waals surface area contributed by atoms with Gasteiger partial charge in [0.2, 0.25) is 0 Å². The van der Waals surface area contributed by atoms with Crippen molar-refractivity contribution in [2.24, 2.45) is 0 Å². The molecular weight excluding hydrogens is 440 g/mol. The van der Waals surface area contributed by atoms with Gasteiger partial charge in [0.25, 0.3) is 5.91 Å². The number of nitrogens with zero attached hydrogens (tertiary/aromatic N) is 2. The summed E-state index contributed by atoms with van der Waals surface area (Å²) >= 11 is 6.95. The maximum Gasteiger partial charge on any atom is 0.387 e. The lowest BCUT2D eigenvalue weighted by atomic mass is 10.3. The normalized spacial score (nSPS) is 10.8. The Morgan fingerprint density at radius 2 is 1.93 bits per heavy atom. The number of hydrogen-bond donors (Lipinski definition) is 1. The van der Waals surface area contributed by atoms with Crippen LogP contribution in [0.3, 0.4) is 0 Å². The number of thioether (sulfide) groups is 1. The van der Waals surface area contributed by atoms with Gasteiger partial charge in [-0.25, -0.2) is 4.98 Å². The van der Waals surface area contributed by atoms with Crippen LogP contribution in [0, 0.1) is 0 Å². The molecule has 0 fully saturated rings. The number of anilines is 1. The van der Waals surface area contributed by atoms with E-state index in [1.165, 1.54) is 18.2 Å². The SMILES string of the molecule is O=C(COC(=O)CSc1cnc2ccccc2n1)Nc1ccc(OC(F)F)c(Cl)c1. The quantitative estimate of drug-likeness (QED) is 0.404. The molecule has 30 heavy (non-hydrogen) atoms. The lowest BCUT2D eigenvalue weighted by molar-refractivity contribution is -0.144. The lowest BCUT2D eigenvalue weighted by Crippen LogP contribution is -2.21. The van der Waals surface area contributed by atoms with E-state index < -0.39 is 25.1 Å². The number of para-hydroxylation sites is 2. The molecular formula is C19H14ClF2N3O4S. The second kappa shape index (κ2) is 10.2. The molecule has 0 radical (unpaired) electrons. The van der Waals surface area contributed by atoms with Crippen LogP contribution in [-0.4, -0.2) is 40.8 Å². The fourth-order valence-electron chi connectivity index (χ4n) is 2.30. The second-order valence-electron chi connectivity index (χ2n) is 5.72. The molecule has 3 rings (SSSR count). The first-order valence-electron chi connectivity index (χ1n) is 8.45. The molecule has 11 heteroatoms. The van der Waals surface area contributed by atoms with Crippen molar-refractivity contribution in [1.29, 1.82) is 0 Å². The third-order valence-electron chi connectivity index (χ3n) is 3.56. The first-order valence-corrected chi connectivity index (χ1v) is 9.81. The smallest absolute Gasteiger partial charge is 0.387 e. The molecule has 0 atom stereocenters. The molecule has 2 aromatic carbocycles. The molecule has 7 nitrogen and oxygen atoms in total. The number of amides is 1. The Kier molecular flexibility index (Phi) is 7.36. The van der Waals surface area contributed by atoms with Gasteiger partial charge < -0.3 is 14.8 Å². The van der Waals surface area contributed by atoms with E-state index in [2.05, 4.69) is 20.0 Å². The predicted octanol–water partition coefficient (Wildman–Crippen LogP) is 4.16. The molecule has 0 saturated carbocycles. The molecule has 0 unspecified atom stereocenters. The van der Waals surface area contributed by atoms with Crippen LogP contribution in [-0.2, 0) is 14.3 Å². The number of nitrogens with one attached hydrogen (secondary N) is 1. The summed E-state index contributed by atoms with van der Waals surface area (Å²) in [6, 6.07) is 11.1. The minimum Gasteiger partial charge on any atom is -0.455 e. The van der Waals surface area contributed by atoms with Gasteiger partial charge in [-0.15, -0.1) is 0 Å². The summed E-state index contributed by atoms with van der Waals surface area (Å²) in [6.45, 7) is -3.53. The molecule has 3 aromatic rings. The molecule has 0 aliphatic rings. The molecule has 0 spiro atoms. The van der Waals surface area contributed by atoms with Crippen LogP contribution in [0.2, 0.25) is 5.02 Å². The molecule has 1 heterocycles. The Morgan fingerprint density at radius 3 is 2.67 bits per heavy atom. The van der Waals surface area contributed by atoms with Crippen LogP contribution >= 0.6 is 23.4 Å². The van der Waals surface area contributed by atoms with Gasteiger partial charge in [-0.2, -0.15) is 8.78 Å². The fourth-order valence-corrected chi connectivity index (χ4v) is 3.16. The Hall–Kier alpha value is -2.98. The first-order chi connectivity index (χ1) is 14.4. The van der Waals surface area contributed by atoms with Gasteiger partial charge in [0.15, 0.2) is 6.61 Å². The van der Waals surface area contributed by atoms with Crippen molar-refractivity contribution in [3.05, 3.63) is 53.7 Å². The zero-order valence-electron chi connectivity index (χ0n) is 15.2. The highest BCUT2D eigenvalue weighted by molar-refractivity contribution is 7.99. The van der Waals surface area contributed by atoms with E-state index in [9.17, 15) is 18.4 Å². The van der Waals surface area contributed by atoms with Gasteiger partial charge >= 0.3 is 12.6 Å². The average molecular weight is 454 g/mol.